The Labute approximate surface area is 174 Å². The van der Waals surface area contributed by atoms with Crippen LogP contribution in [0.2, 0.25) is 5.02 Å². The normalized spacial score (nSPS) is 16.9. The molecule has 4 rings (SSSR count). The van der Waals surface area contributed by atoms with Gasteiger partial charge in [0, 0.05) is 11.6 Å². The lowest BCUT2D eigenvalue weighted by Crippen LogP contribution is -2.28. The van der Waals surface area contributed by atoms with Crippen molar-refractivity contribution in [1.29, 1.82) is 0 Å². The van der Waals surface area contributed by atoms with E-state index in [4.69, 9.17) is 21.1 Å². The molecule has 9 heteroatoms. The van der Waals surface area contributed by atoms with E-state index in [0.29, 0.717) is 24.7 Å². The highest BCUT2D eigenvalue weighted by atomic mass is 35.5. The first-order valence-corrected chi connectivity index (χ1v) is 11.2. The summed E-state index contributed by atoms with van der Waals surface area (Å²) in [4.78, 5) is 12.6. The van der Waals surface area contributed by atoms with Crippen LogP contribution in [-0.4, -0.2) is 33.6 Å². The quantitative estimate of drug-likeness (QED) is 0.725. The highest BCUT2D eigenvalue weighted by Gasteiger charge is 2.30. The summed E-state index contributed by atoms with van der Waals surface area (Å²) in [6.07, 6.45) is 1.62. The summed E-state index contributed by atoms with van der Waals surface area (Å²) >= 11 is 6.08. The number of rotatable bonds is 6. The lowest BCUT2D eigenvalue weighted by atomic mass is 10.1. The van der Waals surface area contributed by atoms with E-state index in [1.165, 1.54) is 18.2 Å². The van der Waals surface area contributed by atoms with Crippen LogP contribution in [0, 0.1) is 0 Å². The molecular weight excluding hydrogens is 416 g/mol. The Morgan fingerprint density at radius 1 is 1.10 bits per heavy atom. The summed E-state index contributed by atoms with van der Waals surface area (Å²) in [7, 11) is -3.77. The van der Waals surface area contributed by atoms with Gasteiger partial charge in [-0.3, -0.25) is 4.79 Å². The number of nitrogens with one attached hydrogen (secondary N) is 2. The zero-order chi connectivity index (χ0) is 20.6. The van der Waals surface area contributed by atoms with Gasteiger partial charge in [-0.05, 0) is 55.7 Å². The summed E-state index contributed by atoms with van der Waals surface area (Å²) in [5, 5.41) is 2.96. The molecule has 2 aromatic rings. The predicted octanol–water partition coefficient (Wildman–Crippen LogP) is 3.04. The smallest absolute Gasteiger partial charge is 0.251 e. The van der Waals surface area contributed by atoms with Gasteiger partial charge in [0.15, 0.2) is 11.5 Å². The number of carbonyl (C=O) groups excluding carboxylic acids is 1. The molecule has 1 heterocycles. The van der Waals surface area contributed by atoms with Gasteiger partial charge in [-0.2, -0.15) is 0 Å². The minimum Gasteiger partial charge on any atom is -0.486 e. The van der Waals surface area contributed by atoms with Crippen molar-refractivity contribution in [3.05, 3.63) is 52.5 Å². The Kier molecular flexibility index (Phi) is 5.42. The van der Waals surface area contributed by atoms with Crippen molar-refractivity contribution < 1.29 is 22.7 Å². The van der Waals surface area contributed by atoms with E-state index >= 15 is 0 Å². The molecule has 7 nitrogen and oxygen atoms in total. The van der Waals surface area contributed by atoms with Gasteiger partial charge in [-0.15, -0.1) is 0 Å². The number of fused-ring (bicyclic) bond motifs is 1. The number of amides is 1. The molecule has 0 unspecified atom stereocenters. The zero-order valence-electron chi connectivity index (χ0n) is 15.8. The lowest BCUT2D eigenvalue weighted by molar-refractivity contribution is 0.0939. The fraction of sp³-hybridized carbons (Fsp3) is 0.350. The Balaban J connectivity index is 1.51. The molecule has 1 fully saturated rings. The van der Waals surface area contributed by atoms with Gasteiger partial charge in [0.05, 0.1) is 11.1 Å². The van der Waals surface area contributed by atoms with Crippen LogP contribution < -0.4 is 19.5 Å². The summed E-state index contributed by atoms with van der Waals surface area (Å²) in [6.45, 7) is 2.83. The second kappa shape index (κ2) is 7.85. The Morgan fingerprint density at radius 3 is 2.55 bits per heavy atom. The third-order valence-electron chi connectivity index (χ3n) is 4.80. The van der Waals surface area contributed by atoms with Crippen molar-refractivity contribution >= 4 is 27.5 Å². The van der Waals surface area contributed by atoms with Crippen LogP contribution in [0.1, 0.15) is 41.7 Å². The molecule has 2 aromatic carbocycles. The highest BCUT2D eigenvalue weighted by molar-refractivity contribution is 7.89. The number of benzene rings is 2. The maximum Gasteiger partial charge on any atom is 0.251 e. The standard InChI is InChI=1S/C20H21ClN2O5S/c1-12(13-3-7-17-18(10-13)28-9-8-27-17)22-20(24)14-2-6-16(21)19(11-14)29(25,26)23-15-4-5-15/h2-3,6-7,10-12,15,23H,4-5,8-9H2,1H3,(H,22,24)/t12-/m0/s1. The van der Waals surface area contributed by atoms with E-state index in [9.17, 15) is 13.2 Å². The van der Waals surface area contributed by atoms with Crippen molar-refractivity contribution in [2.75, 3.05) is 13.2 Å². The maximum absolute atomic E-state index is 12.7. The summed E-state index contributed by atoms with van der Waals surface area (Å²) in [6, 6.07) is 9.35. The topological polar surface area (TPSA) is 93.7 Å². The molecule has 0 radical (unpaired) electrons. The van der Waals surface area contributed by atoms with Gasteiger partial charge in [-0.1, -0.05) is 17.7 Å². The number of hydrogen-bond donors (Lipinski definition) is 2. The Morgan fingerprint density at radius 2 is 1.83 bits per heavy atom. The van der Waals surface area contributed by atoms with Gasteiger partial charge in [-0.25, -0.2) is 13.1 Å². The molecule has 0 bridgehead atoms. The Hall–Kier alpha value is -2.29. The van der Waals surface area contributed by atoms with E-state index in [0.717, 1.165) is 18.4 Å². The van der Waals surface area contributed by atoms with Gasteiger partial charge < -0.3 is 14.8 Å². The van der Waals surface area contributed by atoms with Crippen molar-refractivity contribution in [2.45, 2.75) is 36.7 Å². The van der Waals surface area contributed by atoms with E-state index in [2.05, 4.69) is 10.0 Å². The second-order valence-electron chi connectivity index (χ2n) is 7.14. The molecule has 0 spiro atoms. The molecular formula is C20H21ClN2O5S. The van der Waals surface area contributed by atoms with E-state index in [1.54, 1.807) is 0 Å². The lowest BCUT2D eigenvalue weighted by Gasteiger charge is -2.21. The molecule has 2 N–H and O–H groups in total. The minimum absolute atomic E-state index is 0.0521. The van der Waals surface area contributed by atoms with Gasteiger partial charge in [0.1, 0.15) is 18.1 Å². The van der Waals surface area contributed by atoms with Crippen LogP contribution >= 0.6 is 11.6 Å². The molecule has 1 aliphatic heterocycles. The SMILES string of the molecule is C[C@H](NC(=O)c1ccc(Cl)c(S(=O)(=O)NC2CC2)c1)c1ccc2c(c1)OCCO2. The van der Waals surface area contributed by atoms with Crippen molar-refractivity contribution in [3.63, 3.8) is 0 Å². The monoisotopic (exact) mass is 436 g/mol. The molecule has 29 heavy (non-hydrogen) atoms. The molecule has 1 saturated carbocycles. The molecule has 0 aromatic heterocycles. The fourth-order valence-corrected chi connectivity index (χ4v) is 4.86. The summed E-state index contributed by atoms with van der Waals surface area (Å²) < 4.78 is 38.7. The average molecular weight is 437 g/mol. The maximum atomic E-state index is 12.7. The number of halogens is 1. The van der Waals surface area contributed by atoms with Crippen LogP contribution in [0.15, 0.2) is 41.3 Å². The largest absolute Gasteiger partial charge is 0.486 e. The van der Waals surface area contributed by atoms with Crippen LogP contribution in [0.3, 0.4) is 0 Å². The van der Waals surface area contributed by atoms with Crippen LogP contribution in [0.4, 0.5) is 0 Å². The van der Waals surface area contributed by atoms with Crippen molar-refractivity contribution in [3.8, 4) is 11.5 Å². The zero-order valence-corrected chi connectivity index (χ0v) is 17.3. The summed E-state index contributed by atoms with van der Waals surface area (Å²) in [5.41, 5.74) is 1.06. The number of hydrogen-bond acceptors (Lipinski definition) is 5. The van der Waals surface area contributed by atoms with E-state index in [-0.39, 0.29) is 27.6 Å². The predicted molar refractivity (Wildman–Crippen MR) is 108 cm³/mol. The minimum atomic E-state index is -3.77. The van der Waals surface area contributed by atoms with Gasteiger partial charge in [0.2, 0.25) is 10.0 Å². The van der Waals surface area contributed by atoms with Crippen LogP contribution in [-0.2, 0) is 10.0 Å². The third-order valence-corrected chi connectivity index (χ3v) is 6.80. The van der Waals surface area contributed by atoms with Crippen LogP contribution in [0.5, 0.6) is 11.5 Å². The highest BCUT2D eigenvalue weighted by Crippen LogP contribution is 2.33. The molecule has 2 aliphatic rings. The van der Waals surface area contributed by atoms with Crippen molar-refractivity contribution in [2.24, 2.45) is 0 Å². The molecule has 1 atom stereocenters. The first-order valence-electron chi connectivity index (χ1n) is 9.36. The number of carbonyl (C=O) groups is 1. The molecule has 1 aliphatic carbocycles. The first kappa shape index (κ1) is 20.0. The summed E-state index contributed by atoms with van der Waals surface area (Å²) in [5.74, 6) is 0.919. The van der Waals surface area contributed by atoms with E-state index in [1.807, 2.05) is 25.1 Å². The van der Waals surface area contributed by atoms with Gasteiger partial charge in [0.25, 0.3) is 5.91 Å². The Bertz CT molecular complexity index is 1050. The second-order valence-corrected chi connectivity index (χ2v) is 9.23. The molecule has 154 valence electrons. The average Bonchev–Trinajstić information content (AvgIpc) is 3.51. The first-order chi connectivity index (χ1) is 13.8. The number of sulfonamides is 1. The number of ether oxygens (including phenoxy) is 2. The fourth-order valence-electron chi connectivity index (χ4n) is 3.03. The van der Waals surface area contributed by atoms with E-state index < -0.39 is 15.9 Å². The third kappa shape index (κ3) is 4.49. The molecule has 1 amide bonds. The molecule has 0 saturated heterocycles. The van der Waals surface area contributed by atoms with Gasteiger partial charge >= 0.3 is 0 Å². The van der Waals surface area contributed by atoms with Crippen molar-refractivity contribution in [1.82, 2.24) is 10.0 Å². The van der Waals surface area contributed by atoms with Crippen LogP contribution in [0.25, 0.3) is 0 Å².